The summed E-state index contributed by atoms with van der Waals surface area (Å²) in [5.41, 5.74) is 2.42. The van der Waals surface area contributed by atoms with Crippen LogP contribution in [0.15, 0.2) is 54.6 Å². The van der Waals surface area contributed by atoms with Gasteiger partial charge in [0.1, 0.15) is 0 Å². The molecule has 0 bridgehead atoms. The summed E-state index contributed by atoms with van der Waals surface area (Å²) in [5, 5.41) is 3.02. The normalized spacial score (nSPS) is 19.2. The molecule has 1 heterocycles. The number of amides is 2. The predicted octanol–water partition coefficient (Wildman–Crippen LogP) is 4.30. The van der Waals surface area contributed by atoms with Gasteiger partial charge < -0.3 is 10.2 Å². The topological polar surface area (TPSA) is 49.4 Å². The molecular weight excluding hydrogens is 360 g/mol. The van der Waals surface area contributed by atoms with Gasteiger partial charge in [-0.25, -0.2) is 0 Å². The Morgan fingerprint density at radius 1 is 1.03 bits per heavy atom. The van der Waals surface area contributed by atoms with Crippen LogP contribution >= 0.6 is 0 Å². The quantitative estimate of drug-likeness (QED) is 0.825. The molecule has 1 saturated heterocycles. The molecule has 1 fully saturated rings. The van der Waals surface area contributed by atoms with E-state index in [0.717, 1.165) is 16.7 Å². The first-order chi connectivity index (χ1) is 13.7. The van der Waals surface area contributed by atoms with E-state index in [0.29, 0.717) is 32.5 Å². The molecule has 1 atom stereocenters. The second kappa shape index (κ2) is 8.40. The van der Waals surface area contributed by atoms with Gasteiger partial charge in [-0.2, -0.15) is 0 Å². The molecule has 3 rings (SSSR count). The first-order valence-electron chi connectivity index (χ1n) is 10.5. The van der Waals surface area contributed by atoms with Crippen molar-refractivity contribution in [3.63, 3.8) is 0 Å². The zero-order valence-corrected chi connectivity index (χ0v) is 18.0. The van der Waals surface area contributed by atoms with E-state index in [4.69, 9.17) is 0 Å². The minimum atomic E-state index is -0.577. The second-order valence-corrected chi connectivity index (χ2v) is 9.11. The Hall–Kier alpha value is -2.62. The van der Waals surface area contributed by atoms with E-state index >= 15 is 0 Å². The second-order valence-electron chi connectivity index (χ2n) is 9.11. The van der Waals surface area contributed by atoms with Gasteiger partial charge in [-0.3, -0.25) is 9.59 Å². The summed E-state index contributed by atoms with van der Waals surface area (Å²) in [6.45, 7) is 9.45. The van der Waals surface area contributed by atoms with E-state index in [2.05, 4.69) is 41.7 Å². The lowest BCUT2D eigenvalue weighted by Crippen LogP contribution is -2.46. The molecule has 4 heteroatoms. The molecule has 29 heavy (non-hydrogen) atoms. The molecule has 0 unspecified atom stereocenters. The molecule has 2 aromatic rings. The number of hydrogen-bond donors (Lipinski definition) is 1. The first kappa shape index (κ1) is 21.1. The third kappa shape index (κ3) is 4.69. The van der Waals surface area contributed by atoms with Gasteiger partial charge in [0.2, 0.25) is 11.8 Å². The Labute approximate surface area is 174 Å². The summed E-state index contributed by atoms with van der Waals surface area (Å²) in [5.74, 6) is 0.163. The van der Waals surface area contributed by atoms with Gasteiger partial charge in [-0.1, -0.05) is 75.4 Å². The minimum Gasteiger partial charge on any atom is -0.356 e. The molecule has 1 aliphatic heterocycles. The molecular formula is C25H32N2O2. The Balaban J connectivity index is 1.88. The van der Waals surface area contributed by atoms with E-state index in [1.54, 1.807) is 0 Å². The number of hydrogen-bond acceptors (Lipinski definition) is 2. The maximum absolute atomic E-state index is 13.1. The van der Waals surface area contributed by atoms with Crippen molar-refractivity contribution in [2.75, 3.05) is 19.6 Å². The van der Waals surface area contributed by atoms with Crippen LogP contribution in [0.5, 0.6) is 0 Å². The van der Waals surface area contributed by atoms with Crippen molar-refractivity contribution in [2.45, 2.75) is 40.5 Å². The van der Waals surface area contributed by atoms with E-state index in [-0.39, 0.29) is 11.8 Å². The van der Waals surface area contributed by atoms with Crippen LogP contribution in [0, 0.1) is 10.8 Å². The van der Waals surface area contributed by atoms with E-state index in [1.807, 2.05) is 50.8 Å². The smallest absolute Gasteiger partial charge is 0.228 e. The Morgan fingerprint density at radius 3 is 2.38 bits per heavy atom. The van der Waals surface area contributed by atoms with Crippen molar-refractivity contribution in [2.24, 2.45) is 10.8 Å². The summed E-state index contributed by atoms with van der Waals surface area (Å²) < 4.78 is 0. The molecule has 0 aliphatic carbocycles. The average molecular weight is 393 g/mol. The lowest BCUT2D eigenvalue weighted by atomic mass is 9.79. The number of benzene rings is 2. The molecule has 1 N–H and O–H groups in total. The number of rotatable bonds is 5. The maximum Gasteiger partial charge on any atom is 0.228 e. The van der Waals surface area contributed by atoms with Crippen LogP contribution in [0.2, 0.25) is 0 Å². The third-order valence-electron chi connectivity index (χ3n) is 5.68. The van der Waals surface area contributed by atoms with E-state index in [9.17, 15) is 9.59 Å². The van der Waals surface area contributed by atoms with Crippen molar-refractivity contribution >= 4 is 11.8 Å². The Kier molecular flexibility index (Phi) is 6.11. The zero-order valence-electron chi connectivity index (χ0n) is 18.0. The van der Waals surface area contributed by atoms with Crippen LogP contribution < -0.4 is 5.32 Å². The molecule has 0 saturated carbocycles. The van der Waals surface area contributed by atoms with Gasteiger partial charge in [0.15, 0.2) is 0 Å². The van der Waals surface area contributed by atoms with Gasteiger partial charge in [-0.15, -0.1) is 0 Å². The molecule has 2 aromatic carbocycles. The predicted molar refractivity (Wildman–Crippen MR) is 117 cm³/mol. The fourth-order valence-corrected chi connectivity index (χ4v) is 4.16. The Bertz CT molecular complexity index is 870. The Morgan fingerprint density at radius 2 is 1.72 bits per heavy atom. The van der Waals surface area contributed by atoms with Crippen LogP contribution in [0.1, 0.15) is 39.7 Å². The zero-order chi connectivity index (χ0) is 21.1. The molecule has 0 radical (unpaired) electrons. The summed E-state index contributed by atoms with van der Waals surface area (Å²) in [4.78, 5) is 27.8. The lowest BCUT2D eigenvalue weighted by Gasteiger charge is -2.30. The van der Waals surface area contributed by atoms with Crippen LogP contribution in [-0.4, -0.2) is 36.3 Å². The molecule has 2 amide bonds. The van der Waals surface area contributed by atoms with Crippen molar-refractivity contribution < 1.29 is 9.59 Å². The average Bonchev–Trinajstić information content (AvgIpc) is 3.13. The molecule has 1 aliphatic rings. The highest BCUT2D eigenvalue weighted by molar-refractivity contribution is 5.87. The van der Waals surface area contributed by atoms with Crippen molar-refractivity contribution in [1.29, 1.82) is 0 Å². The highest BCUT2D eigenvalue weighted by atomic mass is 16.2. The number of nitrogens with one attached hydrogen (secondary N) is 1. The maximum atomic E-state index is 13.1. The van der Waals surface area contributed by atoms with E-state index in [1.165, 1.54) is 0 Å². The fourth-order valence-electron chi connectivity index (χ4n) is 4.16. The summed E-state index contributed by atoms with van der Waals surface area (Å²) >= 11 is 0. The highest BCUT2D eigenvalue weighted by Crippen LogP contribution is 2.37. The minimum absolute atomic E-state index is 0.0503. The fraction of sp³-hybridized carbons (Fsp3) is 0.440. The molecule has 4 nitrogen and oxygen atoms in total. The standard InChI is InChI=1S/C25H32N2O2/c1-5-26-22(28)25(14-15-27(18-25)23(29)24(2,3)4)17-19-10-9-13-21(16-19)20-11-7-6-8-12-20/h6-13,16H,5,14-15,17-18H2,1-4H3,(H,26,28)/t25-/m0/s1. The van der Waals surface area contributed by atoms with Crippen LogP contribution in [0.4, 0.5) is 0 Å². The first-order valence-corrected chi connectivity index (χ1v) is 10.5. The number of carbonyl (C=O) groups is 2. The van der Waals surface area contributed by atoms with Gasteiger partial charge in [0.05, 0.1) is 5.41 Å². The third-order valence-corrected chi connectivity index (χ3v) is 5.68. The van der Waals surface area contributed by atoms with Crippen molar-refractivity contribution in [3.8, 4) is 11.1 Å². The number of nitrogens with zero attached hydrogens (tertiary/aromatic N) is 1. The van der Waals surface area contributed by atoms with Crippen LogP contribution in [0.3, 0.4) is 0 Å². The van der Waals surface area contributed by atoms with Crippen molar-refractivity contribution in [3.05, 3.63) is 60.2 Å². The number of carbonyl (C=O) groups excluding carboxylic acids is 2. The SMILES string of the molecule is CCNC(=O)[C@]1(Cc2cccc(-c3ccccc3)c2)CCN(C(=O)C(C)(C)C)C1. The van der Waals surface area contributed by atoms with E-state index < -0.39 is 10.8 Å². The monoisotopic (exact) mass is 392 g/mol. The van der Waals surface area contributed by atoms with Gasteiger partial charge in [-0.05, 0) is 36.5 Å². The van der Waals surface area contributed by atoms with Crippen LogP contribution in [-0.2, 0) is 16.0 Å². The molecule has 0 spiro atoms. The largest absolute Gasteiger partial charge is 0.356 e. The lowest BCUT2D eigenvalue weighted by molar-refractivity contribution is -0.139. The van der Waals surface area contributed by atoms with Gasteiger partial charge >= 0.3 is 0 Å². The summed E-state index contributed by atoms with van der Waals surface area (Å²) in [7, 11) is 0. The summed E-state index contributed by atoms with van der Waals surface area (Å²) in [6.07, 6.45) is 1.32. The van der Waals surface area contributed by atoms with Gasteiger partial charge in [0.25, 0.3) is 0 Å². The summed E-state index contributed by atoms with van der Waals surface area (Å²) in [6, 6.07) is 18.7. The van der Waals surface area contributed by atoms with Crippen molar-refractivity contribution in [1.82, 2.24) is 10.2 Å². The van der Waals surface area contributed by atoms with Crippen LogP contribution in [0.25, 0.3) is 11.1 Å². The van der Waals surface area contributed by atoms with Gasteiger partial charge in [0, 0.05) is 25.0 Å². The highest BCUT2D eigenvalue weighted by Gasteiger charge is 2.47. The molecule has 154 valence electrons. The number of likely N-dealkylation sites (tertiary alicyclic amines) is 1. The molecule has 0 aromatic heterocycles.